The fourth-order valence-corrected chi connectivity index (χ4v) is 2.12. The molecule has 0 bridgehead atoms. The maximum Gasteiger partial charge on any atom is 0.0166 e. The first-order chi connectivity index (χ1) is 9.07. The molecule has 0 amide bonds. The van der Waals surface area contributed by atoms with E-state index in [4.69, 9.17) is 5.73 Å². The molecule has 0 saturated heterocycles. The van der Waals surface area contributed by atoms with Crippen LogP contribution in [0.5, 0.6) is 0 Å². The molecule has 19 heavy (non-hydrogen) atoms. The molecule has 0 aliphatic heterocycles. The van der Waals surface area contributed by atoms with Crippen molar-refractivity contribution in [2.45, 2.75) is 27.2 Å². The lowest BCUT2D eigenvalue weighted by Crippen LogP contribution is -2.39. The molecule has 0 aliphatic rings. The monoisotopic (exact) mass is 260 g/mol. The molecule has 106 valence electrons. The quantitative estimate of drug-likeness (QED) is 0.776. The molecule has 0 saturated carbocycles. The molecule has 0 spiro atoms. The highest BCUT2D eigenvalue weighted by atomic mass is 15.1. The summed E-state index contributed by atoms with van der Waals surface area (Å²) in [5, 5.41) is 0. The van der Waals surface area contributed by atoms with E-state index in [2.05, 4.69) is 62.1 Å². The minimum Gasteiger partial charge on any atom is -0.330 e. The van der Waals surface area contributed by atoms with Crippen LogP contribution in [0, 0.1) is 5.41 Å². The summed E-state index contributed by atoms with van der Waals surface area (Å²) in [6, 6.07) is 10.4. The number of nitrogens with zero attached hydrogens (tertiary/aromatic N) is 1. The highest BCUT2D eigenvalue weighted by Crippen LogP contribution is 2.15. The Bertz CT molecular complexity index is 368. The Hall–Kier alpha value is -1.12. The summed E-state index contributed by atoms with van der Waals surface area (Å²) >= 11 is 0. The third kappa shape index (κ3) is 6.55. The zero-order valence-corrected chi connectivity index (χ0v) is 12.6. The molecule has 0 heterocycles. The highest BCUT2D eigenvalue weighted by Gasteiger charge is 2.18. The first-order valence-corrected chi connectivity index (χ1v) is 7.21. The molecule has 0 atom stereocenters. The molecule has 2 heteroatoms. The van der Waals surface area contributed by atoms with Crippen LogP contribution in [0.2, 0.25) is 0 Å². The van der Waals surface area contributed by atoms with Gasteiger partial charge in [0.1, 0.15) is 0 Å². The standard InChI is InChI=1S/C17H28N2/c1-4-12-19(15-17(2,3)14-18)13-8-11-16-9-6-5-7-10-16/h5-11H,4,12-15,18H2,1-3H3. The molecule has 1 rings (SSSR count). The fraction of sp³-hybridized carbons (Fsp3) is 0.529. The van der Waals surface area contributed by atoms with Crippen molar-refractivity contribution in [2.24, 2.45) is 11.1 Å². The van der Waals surface area contributed by atoms with Gasteiger partial charge in [-0.15, -0.1) is 0 Å². The minimum atomic E-state index is 0.190. The second kappa shape index (κ2) is 8.13. The Kier molecular flexibility index (Phi) is 6.82. The van der Waals surface area contributed by atoms with Crippen molar-refractivity contribution in [3.63, 3.8) is 0 Å². The first kappa shape index (κ1) is 15.9. The van der Waals surface area contributed by atoms with Gasteiger partial charge in [-0.2, -0.15) is 0 Å². The zero-order valence-electron chi connectivity index (χ0n) is 12.6. The van der Waals surface area contributed by atoms with Crippen LogP contribution in [0.3, 0.4) is 0 Å². The Balaban J connectivity index is 2.52. The van der Waals surface area contributed by atoms with E-state index < -0.39 is 0 Å². The van der Waals surface area contributed by atoms with Crippen LogP contribution in [-0.2, 0) is 0 Å². The van der Waals surface area contributed by atoms with Crippen LogP contribution >= 0.6 is 0 Å². The van der Waals surface area contributed by atoms with E-state index in [-0.39, 0.29) is 5.41 Å². The Morgan fingerprint density at radius 2 is 1.89 bits per heavy atom. The molecule has 1 aromatic carbocycles. The van der Waals surface area contributed by atoms with Crippen LogP contribution < -0.4 is 5.73 Å². The highest BCUT2D eigenvalue weighted by molar-refractivity contribution is 5.48. The molecule has 2 N–H and O–H groups in total. The van der Waals surface area contributed by atoms with Gasteiger partial charge in [0.05, 0.1) is 0 Å². The molecule has 0 fully saturated rings. The maximum atomic E-state index is 5.83. The van der Waals surface area contributed by atoms with E-state index >= 15 is 0 Å². The average Bonchev–Trinajstić information content (AvgIpc) is 2.40. The van der Waals surface area contributed by atoms with Gasteiger partial charge in [0.25, 0.3) is 0 Å². The second-order valence-corrected chi connectivity index (χ2v) is 5.92. The summed E-state index contributed by atoms with van der Waals surface area (Å²) in [6.45, 7) is 10.6. The van der Waals surface area contributed by atoms with Crippen molar-refractivity contribution >= 4 is 6.08 Å². The molecule has 0 aromatic heterocycles. The lowest BCUT2D eigenvalue weighted by Gasteiger charge is -2.30. The van der Waals surface area contributed by atoms with Crippen LogP contribution in [-0.4, -0.2) is 31.1 Å². The molecule has 1 aromatic rings. The summed E-state index contributed by atoms with van der Waals surface area (Å²) in [7, 11) is 0. The van der Waals surface area contributed by atoms with E-state index in [0.29, 0.717) is 0 Å². The summed E-state index contributed by atoms with van der Waals surface area (Å²) in [5.74, 6) is 0. The van der Waals surface area contributed by atoms with Crippen LogP contribution in [0.15, 0.2) is 36.4 Å². The first-order valence-electron chi connectivity index (χ1n) is 7.21. The Labute approximate surface area is 118 Å². The van der Waals surface area contributed by atoms with Crippen LogP contribution in [0.25, 0.3) is 6.08 Å². The summed E-state index contributed by atoms with van der Waals surface area (Å²) in [5.41, 5.74) is 7.28. The lowest BCUT2D eigenvalue weighted by atomic mass is 9.93. The Morgan fingerprint density at radius 1 is 1.21 bits per heavy atom. The molecule has 0 aliphatic carbocycles. The van der Waals surface area contributed by atoms with E-state index in [1.807, 2.05) is 6.07 Å². The molecule has 2 nitrogen and oxygen atoms in total. The number of rotatable bonds is 8. The van der Waals surface area contributed by atoms with Crippen molar-refractivity contribution in [3.8, 4) is 0 Å². The topological polar surface area (TPSA) is 29.3 Å². The average molecular weight is 260 g/mol. The van der Waals surface area contributed by atoms with E-state index in [0.717, 1.165) is 26.2 Å². The van der Waals surface area contributed by atoms with Gasteiger partial charge < -0.3 is 5.73 Å². The van der Waals surface area contributed by atoms with Gasteiger partial charge in [-0.25, -0.2) is 0 Å². The number of benzene rings is 1. The molecule has 0 radical (unpaired) electrons. The predicted octanol–water partition coefficient (Wildman–Crippen LogP) is 3.40. The van der Waals surface area contributed by atoms with Gasteiger partial charge >= 0.3 is 0 Å². The predicted molar refractivity (Wildman–Crippen MR) is 85.0 cm³/mol. The number of hydrogen-bond acceptors (Lipinski definition) is 2. The molecular formula is C17H28N2. The van der Waals surface area contributed by atoms with Gasteiger partial charge in [-0.1, -0.05) is 63.3 Å². The van der Waals surface area contributed by atoms with E-state index in [1.54, 1.807) is 0 Å². The SMILES string of the molecule is CCCN(CC=Cc1ccccc1)CC(C)(C)CN. The summed E-state index contributed by atoms with van der Waals surface area (Å²) < 4.78 is 0. The van der Waals surface area contributed by atoms with Crippen molar-refractivity contribution in [1.29, 1.82) is 0 Å². The molecule has 0 unspecified atom stereocenters. The number of hydrogen-bond donors (Lipinski definition) is 1. The lowest BCUT2D eigenvalue weighted by molar-refractivity contribution is 0.198. The van der Waals surface area contributed by atoms with Crippen LogP contribution in [0.1, 0.15) is 32.8 Å². The van der Waals surface area contributed by atoms with Crippen molar-refractivity contribution < 1.29 is 0 Å². The third-order valence-corrected chi connectivity index (χ3v) is 3.22. The van der Waals surface area contributed by atoms with Crippen molar-refractivity contribution in [3.05, 3.63) is 42.0 Å². The van der Waals surface area contributed by atoms with Gasteiger partial charge in [0, 0.05) is 13.1 Å². The zero-order chi connectivity index (χ0) is 14.1. The minimum absolute atomic E-state index is 0.190. The van der Waals surface area contributed by atoms with Gasteiger partial charge in [-0.05, 0) is 30.5 Å². The van der Waals surface area contributed by atoms with Gasteiger partial charge in [0.15, 0.2) is 0 Å². The molecular weight excluding hydrogens is 232 g/mol. The van der Waals surface area contributed by atoms with Crippen molar-refractivity contribution in [2.75, 3.05) is 26.2 Å². The largest absolute Gasteiger partial charge is 0.330 e. The van der Waals surface area contributed by atoms with E-state index in [9.17, 15) is 0 Å². The van der Waals surface area contributed by atoms with Gasteiger partial charge in [0.2, 0.25) is 0 Å². The smallest absolute Gasteiger partial charge is 0.0166 e. The van der Waals surface area contributed by atoms with E-state index in [1.165, 1.54) is 12.0 Å². The van der Waals surface area contributed by atoms with Crippen molar-refractivity contribution in [1.82, 2.24) is 4.90 Å². The van der Waals surface area contributed by atoms with Gasteiger partial charge in [-0.3, -0.25) is 4.90 Å². The maximum absolute atomic E-state index is 5.83. The normalized spacial score (nSPS) is 12.5. The third-order valence-electron chi connectivity index (χ3n) is 3.22. The summed E-state index contributed by atoms with van der Waals surface area (Å²) in [6.07, 6.45) is 5.62. The number of nitrogens with two attached hydrogens (primary N) is 1. The second-order valence-electron chi connectivity index (χ2n) is 5.92. The van der Waals surface area contributed by atoms with Crippen LogP contribution in [0.4, 0.5) is 0 Å². The fourth-order valence-electron chi connectivity index (χ4n) is 2.12. The summed E-state index contributed by atoms with van der Waals surface area (Å²) in [4.78, 5) is 2.48. The Morgan fingerprint density at radius 3 is 2.47 bits per heavy atom.